The second kappa shape index (κ2) is 8.57. The Morgan fingerprint density at radius 3 is 1.14 bits per heavy atom. The molecule has 64 valence electrons. The van der Waals surface area contributed by atoms with Gasteiger partial charge in [-0.3, -0.25) is 0 Å². The normalized spacial score (nSPS) is 8.00. The van der Waals surface area contributed by atoms with Crippen LogP contribution in [0.4, 0.5) is 0 Å². The fourth-order valence-electron chi connectivity index (χ4n) is 0.755. The molecular weight excluding hydrogens is 238 g/mol. The zero-order valence-electron chi connectivity index (χ0n) is 8.02. The Kier molecular flexibility index (Phi) is 10.9. The molecule has 0 aromatic heterocycles. The molecule has 0 bridgehead atoms. The van der Waals surface area contributed by atoms with Crippen molar-refractivity contribution >= 4 is 115 Å². The standard InChI is InChI=1S/C8H6O4.2K/c9-7(10)5-1-2-6(4-3-5)8(11)12;;/h1-4H,(H,9,10)(H,11,12);;. The fourth-order valence-corrected chi connectivity index (χ4v) is 0.755. The molecule has 0 saturated heterocycles. The number of benzene rings is 1. The summed E-state index contributed by atoms with van der Waals surface area (Å²) in [6.45, 7) is 0. The van der Waals surface area contributed by atoms with Crippen molar-refractivity contribution in [3.63, 3.8) is 0 Å². The first-order valence-corrected chi connectivity index (χ1v) is 3.18. The van der Waals surface area contributed by atoms with Gasteiger partial charge in [0.25, 0.3) is 0 Å². The first kappa shape index (κ1) is 17.8. The molecule has 0 amide bonds. The molecule has 1 aromatic rings. The Labute approximate surface area is 166 Å². The minimum absolute atomic E-state index is 0. The van der Waals surface area contributed by atoms with Crippen molar-refractivity contribution in [2.24, 2.45) is 0 Å². The number of rotatable bonds is 2. The summed E-state index contributed by atoms with van der Waals surface area (Å²) >= 11 is 0. The number of aromatic carboxylic acids is 2. The first-order valence-electron chi connectivity index (χ1n) is 3.18. The van der Waals surface area contributed by atoms with Crippen LogP contribution >= 0.6 is 0 Å². The van der Waals surface area contributed by atoms with Gasteiger partial charge in [0.05, 0.1) is 11.1 Å². The van der Waals surface area contributed by atoms with Gasteiger partial charge in [0, 0.05) is 103 Å². The van der Waals surface area contributed by atoms with Crippen molar-refractivity contribution < 1.29 is 19.8 Å². The van der Waals surface area contributed by atoms with Gasteiger partial charge in [-0.2, -0.15) is 0 Å². The van der Waals surface area contributed by atoms with Crippen molar-refractivity contribution in [1.82, 2.24) is 0 Å². The summed E-state index contributed by atoms with van der Waals surface area (Å²) in [6, 6.07) is 5.02. The molecule has 4 nitrogen and oxygen atoms in total. The van der Waals surface area contributed by atoms with Gasteiger partial charge in [-0.05, 0) is 24.3 Å². The average Bonchev–Trinajstić information content (AvgIpc) is 2.04. The summed E-state index contributed by atoms with van der Waals surface area (Å²) in [5.41, 5.74) is 0.167. The third-order valence-electron chi connectivity index (χ3n) is 1.38. The van der Waals surface area contributed by atoms with Crippen molar-refractivity contribution in [2.75, 3.05) is 0 Å². The smallest absolute Gasteiger partial charge is 0.335 e. The molecule has 0 fully saturated rings. The summed E-state index contributed by atoms with van der Waals surface area (Å²) in [7, 11) is 0. The van der Waals surface area contributed by atoms with Gasteiger partial charge in [0.1, 0.15) is 0 Å². The van der Waals surface area contributed by atoms with E-state index in [4.69, 9.17) is 10.2 Å². The Hall–Kier alpha value is 1.43. The molecule has 0 saturated carbocycles. The van der Waals surface area contributed by atoms with Crippen LogP contribution in [0.3, 0.4) is 0 Å². The predicted molar refractivity (Wildman–Crippen MR) is 51.9 cm³/mol. The van der Waals surface area contributed by atoms with Gasteiger partial charge in [-0.25, -0.2) is 9.59 Å². The predicted octanol–water partition coefficient (Wildman–Crippen LogP) is 0.321. The molecule has 0 atom stereocenters. The van der Waals surface area contributed by atoms with Gasteiger partial charge in [-0.15, -0.1) is 0 Å². The van der Waals surface area contributed by atoms with Crippen LogP contribution in [0.15, 0.2) is 24.3 Å². The number of carbonyl (C=O) groups is 2. The van der Waals surface area contributed by atoms with Crippen molar-refractivity contribution in [1.29, 1.82) is 0 Å². The van der Waals surface area contributed by atoms with Crippen LogP contribution in [0.25, 0.3) is 0 Å². The Morgan fingerprint density at radius 2 is 1.00 bits per heavy atom. The average molecular weight is 244 g/mol. The molecule has 0 unspecified atom stereocenters. The summed E-state index contributed by atoms with van der Waals surface area (Å²) in [6.07, 6.45) is 0. The third kappa shape index (κ3) is 5.50. The summed E-state index contributed by atoms with van der Waals surface area (Å²) in [4.78, 5) is 20.7. The maximum Gasteiger partial charge on any atom is 0.335 e. The van der Waals surface area contributed by atoms with Crippen LogP contribution in [0.5, 0.6) is 0 Å². The molecule has 0 heterocycles. The molecule has 0 aliphatic rings. The monoisotopic (exact) mass is 244 g/mol. The van der Waals surface area contributed by atoms with E-state index in [1.165, 1.54) is 24.3 Å². The zero-order valence-corrected chi connectivity index (χ0v) is 14.3. The van der Waals surface area contributed by atoms with E-state index in [1.54, 1.807) is 0 Å². The van der Waals surface area contributed by atoms with E-state index < -0.39 is 11.9 Å². The Bertz CT molecular complexity index is 288. The number of carboxylic acid groups (broad SMARTS) is 2. The van der Waals surface area contributed by atoms with Crippen LogP contribution < -0.4 is 0 Å². The van der Waals surface area contributed by atoms with Gasteiger partial charge < -0.3 is 10.2 Å². The van der Waals surface area contributed by atoms with Crippen LogP contribution in [0, 0.1) is 0 Å². The summed E-state index contributed by atoms with van der Waals surface area (Å²) in [5.74, 6) is -2.13. The molecule has 0 spiro atoms. The second-order valence-corrected chi connectivity index (χ2v) is 2.19. The zero-order chi connectivity index (χ0) is 9.14. The quantitative estimate of drug-likeness (QED) is 0.735. The van der Waals surface area contributed by atoms with Crippen LogP contribution in [0.1, 0.15) is 20.7 Å². The maximum absolute atomic E-state index is 10.3. The largest absolute Gasteiger partial charge is 0.478 e. The molecule has 0 aliphatic carbocycles. The minimum Gasteiger partial charge on any atom is -0.478 e. The van der Waals surface area contributed by atoms with E-state index in [2.05, 4.69) is 0 Å². The van der Waals surface area contributed by atoms with Gasteiger partial charge in [0.2, 0.25) is 0 Å². The number of hydrogen-bond acceptors (Lipinski definition) is 2. The van der Waals surface area contributed by atoms with E-state index in [0.717, 1.165) is 0 Å². The molecule has 2 radical (unpaired) electrons. The Balaban J connectivity index is 0. The molecule has 14 heavy (non-hydrogen) atoms. The van der Waals surface area contributed by atoms with Crippen molar-refractivity contribution in [2.45, 2.75) is 0 Å². The summed E-state index contributed by atoms with van der Waals surface area (Å²) < 4.78 is 0. The second-order valence-electron chi connectivity index (χ2n) is 2.19. The molecule has 6 heteroatoms. The maximum atomic E-state index is 10.3. The first-order chi connectivity index (χ1) is 5.61. The molecule has 1 aromatic carbocycles. The van der Waals surface area contributed by atoms with Crippen LogP contribution in [0.2, 0.25) is 0 Å². The molecular formula is C8H6K2O4. The van der Waals surface area contributed by atoms with Crippen molar-refractivity contribution in [3.8, 4) is 0 Å². The molecule has 1 rings (SSSR count). The van der Waals surface area contributed by atoms with Crippen LogP contribution in [-0.4, -0.2) is 125 Å². The minimum atomic E-state index is -1.06. The van der Waals surface area contributed by atoms with E-state index in [1.807, 2.05) is 0 Å². The number of hydrogen-bond donors (Lipinski definition) is 2. The van der Waals surface area contributed by atoms with Gasteiger partial charge in [0.15, 0.2) is 0 Å². The fraction of sp³-hybridized carbons (Fsp3) is 0. The number of carboxylic acids is 2. The topological polar surface area (TPSA) is 74.6 Å². The van der Waals surface area contributed by atoms with Crippen molar-refractivity contribution in [3.05, 3.63) is 35.4 Å². The van der Waals surface area contributed by atoms with E-state index >= 15 is 0 Å². The Morgan fingerprint density at radius 1 is 0.786 bits per heavy atom. The van der Waals surface area contributed by atoms with Crippen LogP contribution in [-0.2, 0) is 0 Å². The third-order valence-corrected chi connectivity index (χ3v) is 1.38. The van der Waals surface area contributed by atoms with E-state index in [9.17, 15) is 9.59 Å². The molecule has 0 aliphatic heterocycles. The van der Waals surface area contributed by atoms with Gasteiger partial charge >= 0.3 is 11.9 Å². The van der Waals surface area contributed by atoms with E-state index in [-0.39, 0.29) is 114 Å². The van der Waals surface area contributed by atoms with Gasteiger partial charge in [-0.1, -0.05) is 0 Å². The summed E-state index contributed by atoms with van der Waals surface area (Å²) in [5, 5.41) is 16.9. The molecule has 2 N–H and O–H groups in total. The van der Waals surface area contributed by atoms with E-state index in [0.29, 0.717) is 0 Å². The SMILES string of the molecule is O=C(O)c1ccc(C(=O)O)cc1.[K].[K].